The molecule has 1 saturated heterocycles. The van der Waals surface area contributed by atoms with Crippen LogP contribution in [-0.2, 0) is 11.3 Å². The van der Waals surface area contributed by atoms with Gasteiger partial charge in [-0.2, -0.15) is 0 Å². The summed E-state index contributed by atoms with van der Waals surface area (Å²) in [5, 5.41) is 0. The largest absolute Gasteiger partial charge is 0.334 e. The molecule has 0 N–H and O–H groups in total. The second-order valence-electron chi connectivity index (χ2n) is 6.82. The molecule has 2 aliphatic heterocycles. The molecule has 2 heteroatoms. The molecule has 100 valence electrons. The number of benzene rings is 1. The zero-order valence-corrected chi connectivity index (χ0v) is 11.6. The van der Waals surface area contributed by atoms with Gasteiger partial charge >= 0.3 is 0 Å². The van der Waals surface area contributed by atoms with E-state index in [1.807, 2.05) is 0 Å². The van der Waals surface area contributed by atoms with Crippen molar-refractivity contribution >= 4 is 5.91 Å². The third kappa shape index (κ3) is 1.52. The maximum atomic E-state index is 12.3. The fraction of sp³-hybridized carbons (Fsp3) is 0.588. The lowest BCUT2D eigenvalue weighted by Crippen LogP contribution is -2.59. The number of carbonyl (C=O) groups excluding carboxylic acids is 1. The van der Waals surface area contributed by atoms with Crippen LogP contribution in [-0.4, -0.2) is 16.8 Å². The third-order valence-electron chi connectivity index (χ3n) is 5.72. The Labute approximate surface area is 114 Å². The number of hydrogen-bond donors (Lipinski definition) is 0. The van der Waals surface area contributed by atoms with Gasteiger partial charge in [-0.25, -0.2) is 0 Å². The van der Waals surface area contributed by atoms with E-state index in [9.17, 15) is 4.79 Å². The molecule has 0 aromatic heterocycles. The van der Waals surface area contributed by atoms with Crippen LogP contribution in [0.4, 0.5) is 0 Å². The molecule has 19 heavy (non-hydrogen) atoms. The first-order chi connectivity index (χ1) is 9.19. The van der Waals surface area contributed by atoms with E-state index >= 15 is 0 Å². The van der Waals surface area contributed by atoms with Crippen LogP contribution in [0.2, 0.25) is 0 Å². The lowest BCUT2D eigenvalue weighted by molar-refractivity contribution is -0.148. The quantitative estimate of drug-likeness (QED) is 0.695. The molecular formula is C17H21NO. The number of amides is 1. The molecule has 2 fully saturated rings. The van der Waals surface area contributed by atoms with Crippen molar-refractivity contribution in [3.63, 3.8) is 0 Å². The Hall–Kier alpha value is -1.31. The summed E-state index contributed by atoms with van der Waals surface area (Å²) >= 11 is 0. The van der Waals surface area contributed by atoms with Gasteiger partial charge in [0.1, 0.15) is 0 Å². The molecule has 1 amide bonds. The van der Waals surface area contributed by atoms with Crippen molar-refractivity contribution < 1.29 is 4.79 Å². The van der Waals surface area contributed by atoms with Crippen LogP contribution < -0.4 is 0 Å². The van der Waals surface area contributed by atoms with Crippen molar-refractivity contribution in [3.05, 3.63) is 35.4 Å². The van der Waals surface area contributed by atoms with E-state index in [1.165, 1.54) is 30.4 Å². The minimum Gasteiger partial charge on any atom is -0.334 e. The Balaban J connectivity index is 1.86. The van der Waals surface area contributed by atoms with Crippen LogP contribution in [0.3, 0.4) is 0 Å². The SMILES string of the molecule is C[C@]12CCC[C@H]3c4ccccc4CN(C(=O)CC1)[C@@H]32. The second-order valence-corrected chi connectivity index (χ2v) is 6.82. The van der Waals surface area contributed by atoms with E-state index in [-0.39, 0.29) is 0 Å². The van der Waals surface area contributed by atoms with E-state index in [1.54, 1.807) is 0 Å². The zero-order chi connectivity index (χ0) is 13.0. The van der Waals surface area contributed by atoms with Gasteiger partial charge in [0.25, 0.3) is 0 Å². The molecule has 2 heterocycles. The van der Waals surface area contributed by atoms with E-state index in [0.717, 1.165) is 19.4 Å². The normalized spacial score (nSPS) is 36.7. The third-order valence-corrected chi connectivity index (χ3v) is 5.72. The smallest absolute Gasteiger partial charge is 0.223 e. The van der Waals surface area contributed by atoms with E-state index < -0.39 is 0 Å². The average Bonchev–Trinajstić information content (AvgIpc) is 2.43. The first-order valence-electron chi connectivity index (χ1n) is 7.56. The molecule has 1 aromatic rings. The maximum absolute atomic E-state index is 12.3. The Morgan fingerprint density at radius 2 is 2.11 bits per heavy atom. The molecule has 2 nitrogen and oxygen atoms in total. The van der Waals surface area contributed by atoms with Crippen molar-refractivity contribution in [2.75, 3.05) is 0 Å². The monoisotopic (exact) mass is 255 g/mol. The van der Waals surface area contributed by atoms with Crippen molar-refractivity contribution in [3.8, 4) is 0 Å². The average molecular weight is 255 g/mol. The van der Waals surface area contributed by atoms with Gasteiger partial charge in [-0.3, -0.25) is 4.79 Å². The molecule has 1 aromatic carbocycles. The minimum atomic E-state index is 0.352. The molecule has 0 radical (unpaired) electrons. The molecule has 0 unspecified atom stereocenters. The van der Waals surface area contributed by atoms with Gasteiger partial charge < -0.3 is 4.90 Å². The van der Waals surface area contributed by atoms with Crippen molar-refractivity contribution in [1.29, 1.82) is 0 Å². The fourth-order valence-electron chi connectivity index (χ4n) is 4.81. The van der Waals surface area contributed by atoms with Gasteiger partial charge in [-0.15, -0.1) is 0 Å². The van der Waals surface area contributed by atoms with E-state index in [2.05, 4.69) is 36.1 Å². The second kappa shape index (κ2) is 3.84. The van der Waals surface area contributed by atoms with Gasteiger partial charge in [0.2, 0.25) is 5.91 Å². The van der Waals surface area contributed by atoms with Crippen LogP contribution in [0.15, 0.2) is 24.3 Å². The topological polar surface area (TPSA) is 20.3 Å². The standard InChI is InChI=1S/C17H21NO/c1-17-9-4-7-14-13-6-3-2-5-12(13)11-18(16(14)17)15(19)8-10-17/h2-3,5-6,14,16H,4,7-11H2,1H3/t14-,16-,17-/m0/s1. The summed E-state index contributed by atoms with van der Waals surface area (Å²) in [7, 11) is 0. The predicted molar refractivity (Wildman–Crippen MR) is 74.7 cm³/mol. The lowest BCUT2D eigenvalue weighted by atomic mass is 9.59. The molecule has 1 saturated carbocycles. The van der Waals surface area contributed by atoms with Gasteiger partial charge in [-0.05, 0) is 35.8 Å². The highest BCUT2D eigenvalue weighted by Gasteiger charge is 2.52. The zero-order valence-electron chi connectivity index (χ0n) is 11.6. The Bertz CT molecular complexity index is 538. The summed E-state index contributed by atoms with van der Waals surface area (Å²) in [5.41, 5.74) is 3.25. The number of carbonyl (C=O) groups is 1. The number of hydrogen-bond acceptors (Lipinski definition) is 1. The molecule has 3 atom stereocenters. The van der Waals surface area contributed by atoms with E-state index in [4.69, 9.17) is 0 Å². The summed E-state index contributed by atoms with van der Waals surface area (Å²) in [6.07, 6.45) is 5.70. The number of rotatable bonds is 0. The lowest BCUT2D eigenvalue weighted by Gasteiger charge is -2.57. The van der Waals surface area contributed by atoms with Crippen LogP contribution in [0.25, 0.3) is 0 Å². The van der Waals surface area contributed by atoms with Gasteiger partial charge in [-0.1, -0.05) is 37.6 Å². The molecular weight excluding hydrogens is 234 g/mol. The highest BCUT2D eigenvalue weighted by molar-refractivity contribution is 5.78. The van der Waals surface area contributed by atoms with Crippen molar-refractivity contribution in [2.45, 2.75) is 57.5 Å². The van der Waals surface area contributed by atoms with Gasteiger partial charge in [0, 0.05) is 24.9 Å². The van der Waals surface area contributed by atoms with Gasteiger partial charge in [0.05, 0.1) is 0 Å². The summed E-state index contributed by atoms with van der Waals surface area (Å²) in [6, 6.07) is 9.22. The molecule has 0 spiro atoms. The summed E-state index contributed by atoms with van der Waals surface area (Å²) in [5.74, 6) is 0.955. The number of nitrogens with zero attached hydrogens (tertiary/aromatic N) is 1. The highest BCUT2D eigenvalue weighted by atomic mass is 16.2. The van der Waals surface area contributed by atoms with Crippen LogP contribution >= 0.6 is 0 Å². The summed E-state index contributed by atoms with van der Waals surface area (Å²) < 4.78 is 0. The van der Waals surface area contributed by atoms with Crippen LogP contribution in [0, 0.1) is 5.41 Å². The summed E-state index contributed by atoms with van der Waals surface area (Å²) in [6.45, 7) is 3.25. The Morgan fingerprint density at radius 1 is 1.26 bits per heavy atom. The van der Waals surface area contributed by atoms with Gasteiger partial charge in [0.15, 0.2) is 0 Å². The minimum absolute atomic E-state index is 0.352. The van der Waals surface area contributed by atoms with Crippen molar-refractivity contribution in [2.24, 2.45) is 5.41 Å². The first-order valence-corrected chi connectivity index (χ1v) is 7.56. The number of piperidine rings is 1. The number of fused-ring (bicyclic) bond motifs is 2. The highest BCUT2D eigenvalue weighted by Crippen LogP contribution is 2.54. The molecule has 0 bridgehead atoms. The molecule has 3 aliphatic rings. The van der Waals surface area contributed by atoms with Crippen LogP contribution in [0.5, 0.6) is 0 Å². The maximum Gasteiger partial charge on any atom is 0.223 e. The van der Waals surface area contributed by atoms with E-state index in [0.29, 0.717) is 23.3 Å². The summed E-state index contributed by atoms with van der Waals surface area (Å²) in [4.78, 5) is 14.5. The Kier molecular flexibility index (Phi) is 2.33. The predicted octanol–water partition coefficient (Wildman–Crippen LogP) is 3.47. The molecule has 4 rings (SSSR count). The fourth-order valence-corrected chi connectivity index (χ4v) is 4.81. The Morgan fingerprint density at radius 3 is 3.00 bits per heavy atom. The first kappa shape index (κ1) is 11.5. The molecule has 1 aliphatic carbocycles. The van der Waals surface area contributed by atoms with Crippen LogP contribution in [0.1, 0.15) is 56.1 Å². The van der Waals surface area contributed by atoms with Crippen molar-refractivity contribution in [1.82, 2.24) is 4.90 Å².